The van der Waals surface area contributed by atoms with Gasteiger partial charge in [0.05, 0.1) is 12.8 Å². The maximum atomic E-state index is 13.8. The molecule has 0 bridgehead atoms. The first-order chi connectivity index (χ1) is 8.63. The van der Waals surface area contributed by atoms with E-state index in [1.807, 2.05) is 13.0 Å². The van der Waals surface area contributed by atoms with E-state index in [-0.39, 0.29) is 5.56 Å². The van der Waals surface area contributed by atoms with Crippen molar-refractivity contribution in [1.29, 1.82) is 0 Å². The summed E-state index contributed by atoms with van der Waals surface area (Å²) in [5.41, 5.74) is 1.47. The fraction of sp³-hybridized carbons (Fsp3) is 0.214. The standard InChI is InChI=1S/C14H14FNO2/c1-9-4-3-7-16-13(9)14(17)11-6-5-10(18-2)8-12(11)15/h3-8,14,17H,1-2H3. The number of nitrogens with zero attached hydrogens (tertiary/aromatic N) is 1. The fourth-order valence-electron chi connectivity index (χ4n) is 1.79. The first-order valence-corrected chi connectivity index (χ1v) is 5.56. The van der Waals surface area contributed by atoms with Gasteiger partial charge in [-0.3, -0.25) is 4.98 Å². The van der Waals surface area contributed by atoms with Crippen LogP contribution < -0.4 is 4.74 Å². The highest BCUT2D eigenvalue weighted by Gasteiger charge is 2.18. The highest BCUT2D eigenvalue weighted by Crippen LogP contribution is 2.27. The van der Waals surface area contributed by atoms with Crippen molar-refractivity contribution in [2.24, 2.45) is 0 Å². The number of hydrogen-bond acceptors (Lipinski definition) is 3. The molecule has 1 unspecified atom stereocenters. The van der Waals surface area contributed by atoms with E-state index in [1.165, 1.54) is 19.2 Å². The number of ether oxygens (including phenoxy) is 1. The van der Waals surface area contributed by atoms with Gasteiger partial charge >= 0.3 is 0 Å². The minimum Gasteiger partial charge on any atom is -0.497 e. The van der Waals surface area contributed by atoms with Crippen LogP contribution in [0.2, 0.25) is 0 Å². The van der Waals surface area contributed by atoms with Crippen LogP contribution in [0, 0.1) is 12.7 Å². The van der Waals surface area contributed by atoms with Crippen molar-refractivity contribution < 1.29 is 14.2 Å². The molecule has 18 heavy (non-hydrogen) atoms. The maximum absolute atomic E-state index is 13.8. The van der Waals surface area contributed by atoms with Gasteiger partial charge in [0.15, 0.2) is 0 Å². The van der Waals surface area contributed by atoms with E-state index in [9.17, 15) is 9.50 Å². The summed E-state index contributed by atoms with van der Waals surface area (Å²) in [5, 5.41) is 10.2. The molecule has 0 aliphatic carbocycles. The molecule has 0 saturated carbocycles. The smallest absolute Gasteiger partial charge is 0.133 e. The van der Waals surface area contributed by atoms with E-state index in [2.05, 4.69) is 4.98 Å². The summed E-state index contributed by atoms with van der Waals surface area (Å²) in [7, 11) is 1.47. The average molecular weight is 247 g/mol. The first-order valence-electron chi connectivity index (χ1n) is 5.56. The lowest BCUT2D eigenvalue weighted by molar-refractivity contribution is 0.209. The molecule has 2 rings (SSSR count). The Morgan fingerprint density at radius 2 is 2.11 bits per heavy atom. The van der Waals surface area contributed by atoms with E-state index in [1.54, 1.807) is 18.3 Å². The molecular formula is C14H14FNO2. The Morgan fingerprint density at radius 1 is 1.33 bits per heavy atom. The van der Waals surface area contributed by atoms with Crippen molar-refractivity contribution >= 4 is 0 Å². The van der Waals surface area contributed by atoms with Gasteiger partial charge in [-0.25, -0.2) is 4.39 Å². The third-order valence-electron chi connectivity index (χ3n) is 2.81. The van der Waals surface area contributed by atoms with Crippen LogP contribution in [0.25, 0.3) is 0 Å². The SMILES string of the molecule is COc1ccc(C(O)c2ncccc2C)c(F)c1. The Kier molecular flexibility index (Phi) is 3.58. The summed E-state index contributed by atoms with van der Waals surface area (Å²) >= 11 is 0. The molecule has 94 valence electrons. The lowest BCUT2D eigenvalue weighted by Crippen LogP contribution is -2.06. The molecule has 2 aromatic rings. The highest BCUT2D eigenvalue weighted by atomic mass is 19.1. The molecule has 0 amide bonds. The third kappa shape index (κ3) is 2.33. The van der Waals surface area contributed by atoms with Gasteiger partial charge in [-0.05, 0) is 30.7 Å². The number of aliphatic hydroxyl groups excluding tert-OH is 1. The van der Waals surface area contributed by atoms with E-state index >= 15 is 0 Å². The summed E-state index contributed by atoms with van der Waals surface area (Å²) in [4.78, 5) is 4.09. The van der Waals surface area contributed by atoms with Gasteiger partial charge in [-0.1, -0.05) is 6.07 Å². The Balaban J connectivity index is 2.40. The van der Waals surface area contributed by atoms with Crippen molar-refractivity contribution in [1.82, 2.24) is 4.98 Å². The van der Waals surface area contributed by atoms with Crippen molar-refractivity contribution in [3.63, 3.8) is 0 Å². The predicted molar refractivity (Wildman–Crippen MR) is 66.0 cm³/mol. The number of benzene rings is 1. The van der Waals surface area contributed by atoms with Crippen LogP contribution in [0.4, 0.5) is 4.39 Å². The zero-order chi connectivity index (χ0) is 13.1. The Bertz CT molecular complexity index is 557. The number of aryl methyl sites for hydroxylation is 1. The normalized spacial score (nSPS) is 12.2. The highest BCUT2D eigenvalue weighted by molar-refractivity contribution is 5.35. The number of rotatable bonds is 3. The third-order valence-corrected chi connectivity index (χ3v) is 2.81. The van der Waals surface area contributed by atoms with Crippen LogP contribution in [0.15, 0.2) is 36.5 Å². The van der Waals surface area contributed by atoms with Crippen LogP contribution in [0.5, 0.6) is 5.75 Å². The van der Waals surface area contributed by atoms with Crippen LogP contribution in [-0.2, 0) is 0 Å². The lowest BCUT2D eigenvalue weighted by atomic mass is 10.0. The molecule has 3 nitrogen and oxygen atoms in total. The predicted octanol–water partition coefficient (Wildman–Crippen LogP) is 2.62. The molecule has 0 aliphatic heterocycles. The number of hydrogen-bond donors (Lipinski definition) is 1. The van der Waals surface area contributed by atoms with Crippen LogP contribution in [0.1, 0.15) is 22.9 Å². The molecule has 0 saturated heterocycles. The van der Waals surface area contributed by atoms with E-state index in [0.29, 0.717) is 11.4 Å². The minimum atomic E-state index is -1.07. The number of halogens is 1. The van der Waals surface area contributed by atoms with Gasteiger partial charge in [0.2, 0.25) is 0 Å². The van der Waals surface area contributed by atoms with Gasteiger partial charge < -0.3 is 9.84 Å². The zero-order valence-corrected chi connectivity index (χ0v) is 10.2. The monoisotopic (exact) mass is 247 g/mol. The van der Waals surface area contributed by atoms with Gasteiger partial charge in [-0.2, -0.15) is 0 Å². The average Bonchev–Trinajstić information content (AvgIpc) is 2.38. The molecule has 0 aliphatic rings. The van der Waals surface area contributed by atoms with E-state index in [0.717, 1.165) is 5.56 Å². The largest absolute Gasteiger partial charge is 0.497 e. The number of pyridine rings is 1. The molecule has 0 radical (unpaired) electrons. The fourth-order valence-corrected chi connectivity index (χ4v) is 1.79. The van der Waals surface area contributed by atoms with E-state index < -0.39 is 11.9 Å². The summed E-state index contributed by atoms with van der Waals surface area (Å²) in [5.74, 6) is -0.0897. The topological polar surface area (TPSA) is 42.4 Å². The molecule has 1 aromatic carbocycles. The van der Waals surface area contributed by atoms with Crippen LogP contribution in [0.3, 0.4) is 0 Å². The van der Waals surface area contributed by atoms with Crippen LogP contribution in [-0.4, -0.2) is 17.2 Å². The minimum absolute atomic E-state index is 0.192. The molecule has 1 N–H and O–H groups in total. The Hall–Kier alpha value is -1.94. The second kappa shape index (κ2) is 5.14. The summed E-state index contributed by atoms with van der Waals surface area (Å²) < 4.78 is 18.8. The second-order valence-corrected chi connectivity index (χ2v) is 4.00. The molecule has 1 aromatic heterocycles. The summed E-state index contributed by atoms with van der Waals surface area (Å²) in [6.07, 6.45) is 0.504. The first kappa shape index (κ1) is 12.5. The molecule has 0 spiro atoms. The quantitative estimate of drug-likeness (QED) is 0.906. The molecule has 4 heteroatoms. The molecule has 1 atom stereocenters. The summed E-state index contributed by atoms with van der Waals surface area (Å²) in [6.45, 7) is 1.83. The second-order valence-electron chi connectivity index (χ2n) is 4.00. The molecular weight excluding hydrogens is 233 g/mol. The Morgan fingerprint density at radius 3 is 2.72 bits per heavy atom. The van der Waals surface area contributed by atoms with Crippen molar-refractivity contribution in [2.75, 3.05) is 7.11 Å². The summed E-state index contributed by atoms with van der Waals surface area (Å²) in [6, 6.07) is 7.96. The van der Waals surface area contributed by atoms with Gasteiger partial charge in [-0.15, -0.1) is 0 Å². The van der Waals surface area contributed by atoms with Gasteiger partial charge in [0.25, 0.3) is 0 Å². The van der Waals surface area contributed by atoms with Crippen LogP contribution >= 0.6 is 0 Å². The lowest BCUT2D eigenvalue weighted by Gasteiger charge is -2.14. The van der Waals surface area contributed by atoms with Crippen molar-refractivity contribution in [2.45, 2.75) is 13.0 Å². The number of aliphatic hydroxyl groups is 1. The molecule has 1 heterocycles. The molecule has 0 fully saturated rings. The van der Waals surface area contributed by atoms with Crippen molar-refractivity contribution in [3.05, 3.63) is 59.2 Å². The Labute approximate surface area is 105 Å². The van der Waals surface area contributed by atoms with Gasteiger partial charge in [0.1, 0.15) is 17.7 Å². The zero-order valence-electron chi connectivity index (χ0n) is 10.2. The van der Waals surface area contributed by atoms with E-state index in [4.69, 9.17) is 4.74 Å². The number of methoxy groups -OCH3 is 1. The van der Waals surface area contributed by atoms with Gasteiger partial charge in [0, 0.05) is 17.8 Å². The number of aromatic nitrogens is 1. The van der Waals surface area contributed by atoms with Crippen molar-refractivity contribution in [3.8, 4) is 5.75 Å². The maximum Gasteiger partial charge on any atom is 0.133 e.